The standard InChI is InChI=1S/C21H27ClN2O3S/c1-13(2)17-9-7-8-15(5)20(17)23-21(25)18-12-16(10-11-19(18)22)28(26,27)24(6)14(3)4/h7-14H,1-6H3,(H,23,25). The van der Waals surface area contributed by atoms with Crippen LogP contribution in [0.15, 0.2) is 41.3 Å². The summed E-state index contributed by atoms with van der Waals surface area (Å²) in [4.78, 5) is 13.0. The first-order chi connectivity index (χ1) is 13.0. The molecule has 2 aromatic rings. The molecular formula is C21H27ClN2O3S. The number of benzene rings is 2. The van der Waals surface area contributed by atoms with Gasteiger partial charge in [0.15, 0.2) is 0 Å². The van der Waals surface area contributed by atoms with Gasteiger partial charge < -0.3 is 5.32 Å². The summed E-state index contributed by atoms with van der Waals surface area (Å²) < 4.78 is 26.8. The Labute approximate surface area is 172 Å². The van der Waals surface area contributed by atoms with E-state index < -0.39 is 15.9 Å². The minimum absolute atomic E-state index is 0.0344. The van der Waals surface area contributed by atoms with Crippen molar-refractivity contribution in [3.05, 3.63) is 58.1 Å². The van der Waals surface area contributed by atoms with E-state index in [9.17, 15) is 13.2 Å². The van der Waals surface area contributed by atoms with Gasteiger partial charge in [0.05, 0.1) is 15.5 Å². The number of para-hydroxylation sites is 1. The molecule has 0 aromatic heterocycles. The van der Waals surface area contributed by atoms with Gasteiger partial charge in [0, 0.05) is 18.8 Å². The lowest BCUT2D eigenvalue weighted by molar-refractivity contribution is 0.102. The van der Waals surface area contributed by atoms with Gasteiger partial charge in [0.25, 0.3) is 5.91 Å². The van der Waals surface area contributed by atoms with Gasteiger partial charge in [-0.05, 0) is 56.0 Å². The van der Waals surface area contributed by atoms with Crippen molar-refractivity contribution in [2.75, 3.05) is 12.4 Å². The van der Waals surface area contributed by atoms with E-state index in [0.717, 1.165) is 16.8 Å². The monoisotopic (exact) mass is 422 g/mol. The van der Waals surface area contributed by atoms with Gasteiger partial charge in [-0.3, -0.25) is 4.79 Å². The largest absolute Gasteiger partial charge is 0.321 e. The number of anilines is 1. The Morgan fingerprint density at radius 3 is 2.32 bits per heavy atom. The molecular weight excluding hydrogens is 396 g/mol. The summed E-state index contributed by atoms with van der Waals surface area (Å²) in [6.45, 7) is 9.58. The molecule has 0 saturated carbocycles. The number of halogens is 1. The number of rotatable bonds is 6. The molecule has 0 heterocycles. The number of nitrogens with one attached hydrogen (secondary N) is 1. The molecule has 0 saturated heterocycles. The molecule has 0 unspecified atom stereocenters. The number of nitrogens with zero attached hydrogens (tertiary/aromatic N) is 1. The van der Waals surface area contributed by atoms with Crippen LogP contribution in [-0.4, -0.2) is 31.7 Å². The van der Waals surface area contributed by atoms with Gasteiger partial charge in [-0.25, -0.2) is 8.42 Å². The van der Waals surface area contributed by atoms with Crippen molar-refractivity contribution < 1.29 is 13.2 Å². The van der Waals surface area contributed by atoms with Crippen LogP contribution in [0.4, 0.5) is 5.69 Å². The lowest BCUT2D eigenvalue weighted by Gasteiger charge is -2.21. The van der Waals surface area contributed by atoms with E-state index in [1.807, 2.05) is 39.0 Å². The molecule has 2 aromatic carbocycles. The fourth-order valence-corrected chi connectivity index (χ4v) is 4.40. The molecule has 1 N–H and O–H groups in total. The van der Waals surface area contributed by atoms with Crippen molar-refractivity contribution in [2.45, 2.75) is 51.5 Å². The lowest BCUT2D eigenvalue weighted by atomic mass is 9.98. The first-order valence-electron chi connectivity index (χ1n) is 9.15. The minimum Gasteiger partial charge on any atom is -0.321 e. The van der Waals surface area contributed by atoms with Crippen LogP contribution >= 0.6 is 11.6 Å². The highest BCUT2D eigenvalue weighted by Gasteiger charge is 2.25. The maximum absolute atomic E-state index is 12.9. The van der Waals surface area contributed by atoms with E-state index in [1.165, 1.54) is 29.6 Å². The third-order valence-corrected chi connectivity index (χ3v) is 7.11. The Hall–Kier alpha value is -1.89. The highest BCUT2D eigenvalue weighted by molar-refractivity contribution is 7.89. The predicted octanol–water partition coefficient (Wildman–Crippen LogP) is 5.05. The number of sulfonamides is 1. The second-order valence-corrected chi connectivity index (χ2v) is 9.81. The lowest BCUT2D eigenvalue weighted by Crippen LogP contribution is -2.33. The first-order valence-corrected chi connectivity index (χ1v) is 11.0. The molecule has 0 fully saturated rings. The Morgan fingerprint density at radius 2 is 1.75 bits per heavy atom. The zero-order valence-electron chi connectivity index (χ0n) is 17.1. The summed E-state index contributed by atoms with van der Waals surface area (Å²) in [5, 5.41) is 3.11. The van der Waals surface area contributed by atoms with Crippen LogP contribution in [0.1, 0.15) is 55.1 Å². The van der Waals surface area contributed by atoms with E-state index in [0.29, 0.717) is 0 Å². The molecule has 7 heteroatoms. The fourth-order valence-electron chi connectivity index (χ4n) is 2.81. The summed E-state index contributed by atoms with van der Waals surface area (Å²) in [5.41, 5.74) is 2.79. The number of amides is 1. The van der Waals surface area contributed by atoms with Crippen LogP contribution < -0.4 is 5.32 Å². The first kappa shape index (κ1) is 22.4. The summed E-state index contributed by atoms with van der Waals surface area (Å²) in [6.07, 6.45) is 0. The average molecular weight is 423 g/mol. The molecule has 0 radical (unpaired) electrons. The maximum Gasteiger partial charge on any atom is 0.257 e. The number of carbonyl (C=O) groups is 1. The number of hydrogen-bond donors (Lipinski definition) is 1. The Morgan fingerprint density at radius 1 is 1.11 bits per heavy atom. The summed E-state index contributed by atoms with van der Waals surface area (Å²) >= 11 is 6.22. The van der Waals surface area contributed by atoms with Gasteiger partial charge in [-0.2, -0.15) is 4.31 Å². The van der Waals surface area contributed by atoms with Crippen LogP contribution in [0.25, 0.3) is 0 Å². The van der Waals surface area contributed by atoms with Gasteiger partial charge in [-0.15, -0.1) is 0 Å². The Bertz CT molecular complexity index is 985. The normalized spacial score (nSPS) is 12.1. The van der Waals surface area contributed by atoms with Crippen molar-refractivity contribution in [3.8, 4) is 0 Å². The SMILES string of the molecule is Cc1cccc(C(C)C)c1NC(=O)c1cc(S(=O)(=O)N(C)C(C)C)ccc1Cl. The van der Waals surface area contributed by atoms with Crippen molar-refractivity contribution in [1.82, 2.24) is 4.31 Å². The van der Waals surface area contributed by atoms with Crippen LogP contribution in [0, 0.1) is 6.92 Å². The van der Waals surface area contributed by atoms with Crippen molar-refractivity contribution in [1.29, 1.82) is 0 Å². The van der Waals surface area contributed by atoms with Crippen LogP contribution in [0.2, 0.25) is 5.02 Å². The van der Waals surface area contributed by atoms with E-state index in [4.69, 9.17) is 11.6 Å². The quantitative estimate of drug-likeness (QED) is 0.708. The summed E-state index contributed by atoms with van der Waals surface area (Å²) in [5.74, 6) is -0.220. The van der Waals surface area contributed by atoms with Crippen LogP contribution in [-0.2, 0) is 10.0 Å². The van der Waals surface area contributed by atoms with E-state index in [-0.39, 0.29) is 27.4 Å². The second kappa shape index (κ2) is 8.64. The minimum atomic E-state index is -3.72. The molecule has 0 aliphatic heterocycles. The van der Waals surface area contributed by atoms with E-state index in [2.05, 4.69) is 5.32 Å². The highest BCUT2D eigenvalue weighted by Crippen LogP contribution is 2.29. The van der Waals surface area contributed by atoms with Crippen LogP contribution in [0.5, 0.6) is 0 Å². The molecule has 152 valence electrons. The maximum atomic E-state index is 12.9. The predicted molar refractivity (Wildman–Crippen MR) is 115 cm³/mol. The van der Waals surface area contributed by atoms with Crippen molar-refractivity contribution in [2.24, 2.45) is 0 Å². The van der Waals surface area contributed by atoms with Gasteiger partial charge in [-0.1, -0.05) is 43.6 Å². The molecule has 5 nitrogen and oxygen atoms in total. The Kier molecular flexibility index (Phi) is 6.91. The third-order valence-electron chi connectivity index (χ3n) is 4.75. The number of hydrogen-bond acceptors (Lipinski definition) is 3. The Balaban J connectivity index is 2.46. The molecule has 0 aliphatic rings. The van der Waals surface area contributed by atoms with E-state index >= 15 is 0 Å². The smallest absolute Gasteiger partial charge is 0.257 e. The highest BCUT2D eigenvalue weighted by atomic mass is 35.5. The topological polar surface area (TPSA) is 66.5 Å². The van der Waals surface area contributed by atoms with Gasteiger partial charge in [0.2, 0.25) is 10.0 Å². The summed E-state index contributed by atoms with van der Waals surface area (Å²) in [7, 11) is -2.21. The molecule has 0 atom stereocenters. The molecule has 2 rings (SSSR count). The fraction of sp³-hybridized carbons (Fsp3) is 0.381. The molecule has 0 bridgehead atoms. The number of carbonyl (C=O) groups excluding carboxylic acids is 1. The van der Waals surface area contributed by atoms with Gasteiger partial charge in [0.1, 0.15) is 0 Å². The molecule has 0 aliphatic carbocycles. The van der Waals surface area contributed by atoms with Crippen LogP contribution in [0.3, 0.4) is 0 Å². The molecule has 28 heavy (non-hydrogen) atoms. The van der Waals surface area contributed by atoms with Crippen molar-refractivity contribution in [3.63, 3.8) is 0 Å². The second-order valence-electron chi connectivity index (χ2n) is 7.40. The third kappa shape index (κ3) is 4.57. The zero-order valence-corrected chi connectivity index (χ0v) is 18.6. The van der Waals surface area contributed by atoms with Gasteiger partial charge >= 0.3 is 0 Å². The number of aryl methyl sites for hydroxylation is 1. The molecule has 0 spiro atoms. The zero-order chi connectivity index (χ0) is 21.2. The summed E-state index contributed by atoms with van der Waals surface area (Å²) in [6, 6.07) is 9.81. The van der Waals surface area contributed by atoms with E-state index in [1.54, 1.807) is 13.8 Å². The average Bonchev–Trinajstić information content (AvgIpc) is 2.62. The van der Waals surface area contributed by atoms with Crippen molar-refractivity contribution >= 4 is 33.2 Å². The molecule has 1 amide bonds.